The van der Waals surface area contributed by atoms with Crippen molar-refractivity contribution in [3.63, 3.8) is 0 Å². The van der Waals surface area contributed by atoms with Crippen LogP contribution in [0.4, 0.5) is 8.78 Å². The lowest BCUT2D eigenvalue weighted by atomic mass is 9.79. The average molecular weight is 433 g/mol. The van der Waals surface area contributed by atoms with Crippen molar-refractivity contribution in [3.8, 4) is 11.3 Å². The number of rotatable bonds is 7. The molecule has 1 amide bonds. The lowest BCUT2D eigenvalue weighted by Crippen LogP contribution is -2.59. The number of ether oxygens (including phenoxy) is 1. The Labute approximate surface area is 181 Å². The van der Waals surface area contributed by atoms with Gasteiger partial charge in [-0.05, 0) is 25.0 Å². The third-order valence-electron chi connectivity index (χ3n) is 6.40. The number of hydrogen-bond acceptors (Lipinski definition) is 5. The second-order valence-corrected chi connectivity index (χ2v) is 8.40. The number of aryl methyl sites for hydroxylation is 1. The molecule has 1 aromatic carbocycles. The largest absolute Gasteiger partial charge is 0.441 e. The van der Waals surface area contributed by atoms with Crippen molar-refractivity contribution in [3.05, 3.63) is 41.9 Å². The molecule has 1 saturated heterocycles. The van der Waals surface area contributed by atoms with Crippen molar-refractivity contribution >= 4 is 5.91 Å². The Hall–Kier alpha value is -2.32. The summed E-state index contributed by atoms with van der Waals surface area (Å²) in [7, 11) is 0. The molecule has 1 saturated carbocycles. The predicted octanol–water partition coefficient (Wildman–Crippen LogP) is 3.70. The zero-order chi connectivity index (χ0) is 21.7. The molecule has 2 aliphatic rings. The van der Waals surface area contributed by atoms with Gasteiger partial charge in [-0.15, -0.1) is 0 Å². The van der Waals surface area contributed by atoms with E-state index in [1.807, 2.05) is 0 Å². The van der Waals surface area contributed by atoms with Crippen LogP contribution >= 0.6 is 0 Å². The first kappa shape index (κ1) is 21.9. The highest BCUT2D eigenvalue weighted by Crippen LogP contribution is 2.34. The molecule has 1 aliphatic heterocycles. The molecule has 6 nitrogen and oxygen atoms in total. The van der Waals surface area contributed by atoms with Gasteiger partial charge in [-0.25, -0.2) is 13.8 Å². The van der Waals surface area contributed by atoms with Crippen LogP contribution in [0.2, 0.25) is 0 Å². The smallest absolute Gasteiger partial charge is 0.220 e. The quantitative estimate of drug-likeness (QED) is 0.721. The molecule has 0 bridgehead atoms. The molecule has 2 heterocycles. The van der Waals surface area contributed by atoms with Gasteiger partial charge >= 0.3 is 0 Å². The van der Waals surface area contributed by atoms with Gasteiger partial charge in [-0.1, -0.05) is 19.3 Å². The summed E-state index contributed by atoms with van der Waals surface area (Å²) in [6, 6.07) is 3.29. The second-order valence-electron chi connectivity index (χ2n) is 8.40. The first-order valence-electron chi connectivity index (χ1n) is 11.1. The van der Waals surface area contributed by atoms with Crippen molar-refractivity contribution in [1.29, 1.82) is 0 Å². The summed E-state index contributed by atoms with van der Waals surface area (Å²) in [4.78, 5) is 19.2. The number of carbonyl (C=O) groups is 1. The van der Waals surface area contributed by atoms with E-state index in [-0.39, 0.29) is 29.2 Å². The number of nitrogens with one attached hydrogen (secondary N) is 1. The number of carbonyl (C=O) groups excluding carboxylic acids is 1. The number of benzene rings is 1. The topological polar surface area (TPSA) is 67.6 Å². The Morgan fingerprint density at radius 2 is 1.94 bits per heavy atom. The van der Waals surface area contributed by atoms with Crippen LogP contribution in [0.15, 0.2) is 28.8 Å². The molecule has 4 rings (SSSR count). The minimum absolute atomic E-state index is 0.0217. The zero-order valence-electron chi connectivity index (χ0n) is 17.7. The van der Waals surface area contributed by atoms with Gasteiger partial charge in [-0.3, -0.25) is 9.69 Å². The van der Waals surface area contributed by atoms with Gasteiger partial charge in [0.1, 0.15) is 11.6 Å². The van der Waals surface area contributed by atoms with E-state index in [0.717, 1.165) is 45.2 Å². The maximum absolute atomic E-state index is 13.9. The number of aromatic nitrogens is 1. The second kappa shape index (κ2) is 9.87. The fraction of sp³-hybridized carbons (Fsp3) is 0.565. The Bertz CT molecular complexity index is 890. The molecule has 8 heteroatoms. The summed E-state index contributed by atoms with van der Waals surface area (Å²) in [5, 5.41) is 3.12. The summed E-state index contributed by atoms with van der Waals surface area (Å²) in [5.74, 6) is -0.825. The summed E-state index contributed by atoms with van der Waals surface area (Å²) >= 11 is 0. The van der Waals surface area contributed by atoms with Crippen molar-refractivity contribution < 1.29 is 22.7 Å². The molecule has 1 N–H and O–H groups in total. The first-order valence-corrected chi connectivity index (χ1v) is 11.1. The average Bonchev–Trinajstić information content (AvgIpc) is 3.26. The van der Waals surface area contributed by atoms with Crippen LogP contribution in [0, 0.1) is 11.6 Å². The number of nitrogens with zero attached hydrogens (tertiary/aromatic N) is 2. The molecule has 1 aliphatic carbocycles. The molecular formula is C23H29F2N3O3. The van der Waals surface area contributed by atoms with Crippen molar-refractivity contribution in [1.82, 2.24) is 15.2 Å². The van der Waals surface area contributed by atoms with Crippen LogP contribution < -0.4 is 5.32 Å². The van der Waals surface area contributed by atoms with Gasteiger partial charge in [0.15, 0.2) is 11.7 Å². The lowest BCUT2D eigenvalue weighted by Gasteiger charge is -2.48. The van der Waals surface area contributed by atoms with Crippen LogP contribution in [0.3, 0.4) is 0 Å². The number of oxazole rings is 1. The molecule has 2 fully saturated rings. The Balaban J connectivity index is 1.31. The number of amides is 1. The number of hydrogen-bond donors (Lipinski definition) is 1. The Kier molecular flexibility index (Phi) is 6.97. The van der Waals surface area contributed by atoms with Crippen molar-refractivity contribution in [2.75, 3.05) is 32.8 Å². The minimum atomic E-state index is -0.707. The van der Waals surface area contributed by atoms with Crippen LogP contribution in [-0.4, -0.2) is 54.2 Å². The first-order chi connectivity index (χ1) is 15.1. The van der Waals surface area contributed by atoms with E-state index >= 15 is 0 Å². The van der Waals surface area contributed by atoms with Gasteiger partial charge in [0.25, 0.3) is 0 Å². The Morgan fingerprint density at radius 1 is 1.16 bits per heavy atom. The molecule has 31 heavy (non-hydrogen) atoms. The van der Waals surface area contributed by atoms with Gasteiger partial charge in [0, 0.05) is 44.1 Å². The molecule has 2 aromatic rings. The fourth-order valence-corrected chi connectivity index (χ4v) is 4.66. The molecule has 1 aromatic heterocycles. The van der Waals surface area contributed by atoms with Crippen LogP contribution in [0.25, 0.3) is 11.3 Å². The summed E-state index contributed by atoms with van der Waals surface area (Å²) in [5.41, 5.74) is 0.169. The molecule has 0 radical (unpaired) electrons. The van der Waals surface area contributed by atoms with E-state index in [0.29, 0.717) is 18.9 Å². The molecule has 0 spiro atoms. The summed E-state index contributed by atoms with van der Waals surface area (Å²) < 4.78 is 38.1. The summed E-state index contributed by atoms with van der Waals surface area (Å²) in [6.07, 6.45) is 7.78. The third kappa shape index (κ3) is 5.30. The predicted molar refractivity (Wildman–Crippen MR) is 111 cm³/mol. The minimum Gasteiger partial charge on any atom is -0.441 e. The third-order valence-corrected chi connectivity index (χ3v) is 6.40. The normalized spacial score (nSPS) is 19.3. The van der Waals surface area contributed by atoms with E-state index in [2.05, 4.69) is 15.2 Å². The van der Waals surface area contributed by atoms with E-state index < -0.39 is 11.6 Å². The highest BCUT2D eigenvalue weighted by molar-refractivity contribution is 5.76. The fourth-order valence-electron chi connectivity index (χ4n) is 4.66. The highest BCUT2D eigenvalue weighted by atomic mass is 19.1. The number of halogens is 2. The van der Waals surface area contributed by atoms with Crippen LogP contribution in [0.5, 0.6) is 0 Å². The van der Waals surface area contributed by atoms with Gasteiger partial charge in [0.2, 0.25) is 5.91 Å². The highest BCUT2D eigenvalue weighted by Gasteiger charge is 2.38. The van der Waals surface area contributed by atoms with Crippen LogP contribution in [0.1, 0.15) is 44.4 Å². The number of morpholine rings is 1. The molecule has 168 valence electrons. The lowest BCUT2D eigenvalue weighted by molar-refractivity contribution is -0.122. The Morgan fingerprint density at radius 3 is 2.68 bits per heavy atom. The van der Waals surface area contributed by atoms with Crippen molar-refractivity contribution in [2.45, 2.75) is 50.5 Å². The van der Waals surface area contributed by atoms with E-state index in [1.165, 1.54) is 37.6 Å². The maximum atomic E-state index is 13.9. The molecule has 0 atom stereocenters. The standard InChI is InChI=1S/C23H29F2N3O3/c24-17-4-5-18(19(25)14-17)20-15-26-22(31-20)7-6-21(29)27-16-23(8-2-1-3-9-23)28-10-12-30-13-11-28/h4-5,14-15H,1-3,6-13,16H2,(H,27,29). The zero-order valence-corrected chi connectivity index (χ0v) is 17.7. The van der Waals surface area contributed by atoms with Gasteiger partial charge < -0.3 is 14.5 Å². The van der Waals surface area contributed by atoms with E-state index in [1.54, 1.807) is 0 Å². The van der Waals surface area contributed by atoms with Crippen LogP contribution in [-0.2, 0) is 16.0 Å². The molecular weight excluding hydrogens is 404 g/mol. The van der Waals surface area contributed by atoms with Gasteiger partial charge in [-0.2, -0.15) is 0 Å². The SMILES string of the molecule is O=C(CCc1ncc(-c2ccc(F)cc2F)o1)NCC1(N2CCOCC2)CCCCC1. The molecule has 0 unspecified atom stereocenters. The van der Waals surface area contributed by atoms with Crippen molar-refractivity contribution in [2.24, 2.45) is 0 Å². The van der Waals surface area contributed by atoms with Gasteiger partial charge in [0.05, 0.1) is 25.0 Å². The van der Waals surface area contributed by atoms with E-state index in [9.17, 15) is 13.6 Å². The monoisotopic (exact) mass is 433 g/mol. The van der Waals surface area contributed by atoms with E-state index in [4.69, 9.17) is 9.15 Å². The maximum Gasteiger partial charge on any atom is 0.220 e. The summed E-state index contributed by atoms with van der Waals surface area (Å²) in [6.45, 7) is 3.96.